The smallest absolute Gasteiger partial charge is 0.0592 e. The van der Waals surface area contributed by atoms with Crippen LogP contribution in [0, 0.1) is 0 Å². The highest BCUT2D eigenvalue weighted by Crippen LogP contribution is 2.33. The zero-order valence-electron chi connectivity index (χ0n) is 11.5. The van der Waals surface area contributed by atoms with E-state index in [0.717, 1.165) is 33.0 Å². The van der Waals surface area contributed by atoms with Crippen molar-refractivity contribution in [2.24, 2.45) is 0 Å². The van der Waals surface area contributed by atoms with E-state index in [-0.39, 0.29) is 6.04 Å². The summed E-state index contributed by atoms with van der Waals surface area (Å²) in [6.45, 7) is 3.05. The molecule has 1 unspecified atom stereocenters. The topological polar surface area (TPSA) is 12.0 Å². The highest BCUT2D eigenvalue weighted by molar-refractivity contribution is 9.11. The fraction of sp³-hybridized carbons (Fsp3) is 0.250. The first-order chi connectivity index (χ1) is 10.0. The van der Waals surface area contributed by atoms with Gasteiger partial charge in [0.15, 0.2) is 0 Å². The first-order valence-electron chi connectivity index (χ1n) is 6.65. The Hall–Kier alpha value is -0.0600. The van der Waals surface area contributed by atoms with Crippen molar-refractivity contribution in [2.45, 2.75) is 19.4 Å². The normalized spacial score (nSPS) is 12.4. The van der Waals surface area contributed by atoms with Gasteiger partial charge in [0.1, 0.15) is 0 Å². The number of benzene rings is 2. The Balaban J connectivity index is 2.46. The Kier molecular flexibility index (Phi) is 6.57. The van der Waals surface area contributed by atoms with Gasteiger partial charge in [-0.05, 0) is 54.4 Å². The third-order valence-electron chi connectivity index (χ3n) is 3.09. The molecule has 0 aromatic heterocycles. The van der Waals surface area contributed by atoms with Crippen molar-refractivity contribution in [3.63, 3.8) is 0 Å². The molecule has 0 spiro atoms. The average Bonchev–Trinajstić information content (AvgIpc) is 2.40. The van der Waals surface area contributed by atoms with E-state index in [2.05, 4.69) is 56.2 Å². The molecular formula is C16H15Br2Cl2N. The summed E-state index contributed by atoms with van der Waals surface area (Å²) >= 11 is 19.5. The lowest BCUT2D eigenvalue weighted by Crippen LogP contribution is -2.23. The summed E-state index contributed by atoms with van der Waals surface area (Å²) in [5.41, 5.74) is 2.17. The van der Waals surface area contributed by atoms with Crippen LogP contribution in [0.4, 0.5) is 0 Å². The lowest BCUT2D eigenvalue weighted by Gasteiger charge is -2.21. The maximum atomic E-state index is 6.38. The second-order valence-electron chi connectivity index (χ2n) is 4.76. The summed E-state index contributed by atoms with van der Waals surface area (Å²) in [6.07, 6.45) is 1.05. The molecule has 1 N–H and O–H groups in total. The summed E-state index contributed by atoms with van der Waals surface area (Å²) in [7, 11) is 0. The molecule has 5 heteroatoms. The van der Waals surface area contributed by atoms with Gasteiger partial charge in [-0.2, -0.15) is 0 Å². The van der Waals surface area contributed by atoms with Gasteiger partial charge in [-0.15, -0.1) is 0 Å². The predicted molar refractivity (Wildman–Crippen MR) is 98.4 cm³/mol. The van der Waals surface area contributed by atoms with Gasteiger partial charge in [-0.1, -0.05) is 68.1 Å². The number of hydrogen-bond acceptors (Lipinski definition) is 1. The van der Waals surface area contributed by atoms with E-state index in [9.17, 15) is 0 Å². The van der Waals surface area contributed by atoms with E-state index in [4.69, 9.17) is 23.2 Å². The molecule has 0 saturated heterocycles. The van der Waals surface area contributed by atoms with E-state index in [1.807, 2.05) is 18.2 Å². The molecule has 0 aliphatic heterocycles. The first-order valence-corrected chi connectivity index (χ1v) is 8.99. The Morgan fingerprint density at radius 1 is 1.05 bits per heavy atom. The first kappa shape index (κ1) is 17.3. The molecule has 0 bridgehead atoms. The van der Waals surface area contributed by atoms with Crippen LogP contribution in [0.25, 0.3) is 0 Å². The van der Waals surface area contributed by atoms with Gasteiger partial charge in [0.25, 0.3) is 0 Å². The summed E-state index contributed by atoms with van der Waals surface area (Å²) in [5, 5.41) is 4.87. The summed E-state index contributed by atoms with van der Waals surface area (Å²) in [6, 6.07) is 11.9. The number of halogens is 4. The monoisotopic (exact) mass is 449 g/mol. The van der Waals surface area contributed by atoms with Gasteiger partial charge in [-0.25, -0.2) is 0 Å². The SMILES string of the molecule is CCCNC(c1cc(Br)cc(Br)c1)c1ccc(Cl)cc1Cl. The third-order valence-corrected chi connectivity index (χ3v) is 4.57. The van der Waals surface area contributed by atoms with E-state index in [1.54, 1.807) is 6.07 Å². The molecule has 0 saturated carbocycles. The van der Waals surface area contributed by atoms with Crippen molar-refractivity contribution in [1.82, 2.24) is 5.32 Å². The number of rotatable bonds is 5. The van der Waals surface area contributed by atoms with Crippen molar-refractivity contribution in [3.05, 3.63) is 66.5 Å². The third kappa shape index (κ3) is 4.70. The summed E-state index contributed by atoms with van der Waals surface area (Å²) in [5.74, 6) is 0. The standard InChI is InChI=1S/C16H15Br2Cl2N/c1-2-5-21-16(10-6-11(17)8-12(18)7-10)14-4-3-13(19)9-15(14)20/h3-4,6-9,16,21H,2,5H2,1H3. The Bertz CT molecular complexity index is 611. The fourth-order valence-corrected chi connectivity index (χ4v) is 4.02. The second-order valence-corrected chi connectivity index (χ2v) is 7.43. The molecule has 1 atom stereocenters. The molecule has 0 aliphatic carbocycles. The lowest BCUT2D eigenvalue weighted by atomic mass is 9.98. The van der Waals surface area contributed by atoms with Gasteiger partial charge in [0, 0.05) is 19.0 Å². The van der Waals surface area contributed by atoms with Crippen LogP contribution in [0.3, 0.4) is 0 Å². The van der Waals surface area contributed by atoms with Crippen LogP contribution in [0.2, 0.25) is 10.0 Å². The number of nitrogens with one attached hydrogen (secondary N) is 1. The van der Waals surface area contributed by atoms with E-state index in [0.29, 0.717) is 10.0 Å². The minimum absolute atomic E-state index is 0.0310. The molecule has 0 radical (unpaired) electrons. The Labute approximate surface area is 152 Å². The van der Waals surface area contributed by atoms with Crippen molar-refractivity contribution in [3.8, 4) is 0 Å². The maximum absolute atomic E-state index is 6.38. The average molecular weight is 452 g/mol. The van der Waals surface area contributed by atoms with Crippen LogP contribution in [0.15, 0.2) is 45.3 Å². The lowest BCUT2D eigenvalue weighted by molar-refractivity contribution is 0.598. The van der Waals surface area contributed by atoms with Crippen LogP contribution in [-0.2, 0) is 0 Å². The van der Waals surface area contributed by atoms with Crippen molar-refractivity contribution in [1.29, 1.82) is 0 Å². The van der Waals surface area contributed by atoms with Crippen LogP contribution >= 0.6 is 55.1 Å². The van der Waals surface area contributed by atoms with Crippen molar-refractivity contribution >= 4 is 55.1 Å². The van der Waals surface area contributed by atoms with Gasteiger partial charge in [-0.3, -0.25) is 0 Å². The summed E-state index contributed by atoms with van der Waals surface area (Å²) in [4.78, 5) is 0. The Morgan fingerprint density at radius 3 is 2.29 bits per heavy atom. The maximum Gasteiger partial charge on any atom is 0.0592 e. The minimum atomic E-state index is 0.0310. The molecule has 21 heavy (non-hydrogen) atoms. The molecule has 0 aliphatic rings. The summed E-state index contributed by atoms with van der Waals surface area (Å²) < 4.78 is 2.06. The zero-order valence-corrected chi connectivity index (χ0v) is 16.2. The quantitative estimate of drug-likeness (QED) is 0.539. The molecule has 2 aromatic rings. The molecule has 2 aromatic carbocycles. The van der Waals surface area contributed by atoms with Crippen LogP contribution in [-0.4, -0.2) is 6.54 Å². The molecule has 1 nitrogen and oxygen atoms in total. The van der Waals surface area contributed by atoms with Gasteiger partial charge >= 0.3 is 0 Å². The molecule has 0 fully saturated rings. The van der Waals surface area contributed by atoms with Crippen LogP contribution < -0.4 is 5.32 Å². The van der Waals surface area contributed by atoms with Gasteiger partial charge < -0.3 is 5.32 Å². The van der Waals surface area contributed by atoms with E-state index < -0.39 is 0 Å². The zero-order chi connectivity index (χ0) is 15.4. The molecule has 112 valence electrons. The molecule has 2 rings (SSSR count). The highest BCUT2D eigenvalue weighted by atomic mass is 79.9. The minimum Gasteiger partial charge on any atom is -0.306 e. The molecule has 0 heterocycles. The van der Waals surface area contributed by atoms with Crippen LogP contribution in [0.1, 0.15) is 30.5 Å². The second kappa shape index (κ2) is 7.98. The Morgan fingerprint density at radius 2 is 1.71 bits per heavy atom. The predicted octanol–water partition coefficient (Wildman–Crippen LogP) is 6.61. The largest absolute Gasteiger partial charge is 0.306 e. The van der Waals surface area contributed by atoms with Gasteiger partial charge in [0.2, 0.25) is 0 Å². The van der Waals surface area contributed by atoms with E-state index >= 15 is 0 Å². The van der Waals surface area contributed by atoms with Gasteiger partial charge in [0.05, 0.1) is 6.04 Å². The van der Waals surface area contributed by atoms with Crippen molar-refractivity contribution in [2.75, 3.05) is 6.54 Å². The molecule has 0 amide bonds. The fourth-order valence-electron chi connectivity index (χ4n) is 2.17. The van der Waals surface area contributed by atoms with Crippen LogP contribution in [0.5, 0.6) is 0 Å². The highest BCUT2D eigenvalue weighted by Gasteiger charge is 2.17. The molecular weight excluding hydrogens is 437 g/mol. The van der Waals surface area contributed by atoms with E-state index in [1.165, 1.54) is 0 Å². The number of hydrogen-bond donors (Lipinski definition) is 1. The van der Waals surface area contributed by atoms with Crippen molar-refractivity contribution < 1.29 is 0 Å².